The van der Waals surface area contributed by atoms with E-state index in [1.807, 2.05) is 19.1 Å². The summed E-state index contributed by atoms with van der Waals surface area (Å²) in [6.45, 7) is 3.97. The van der Waals surface area contributed by atoms with Crippen LogP contribution in [0.15, 0.2) is 45.9 Å². The van der Waals surface area contributed by atoms with Gasteiger partial charge in [-0.3, -0.25) is 4.72 Å². The van der Waals surface area contributed by atoms with E-state index in [9.17, 15) is 8.42 Å². The minimum atomic E-state index is -3.60. The highest BCUT2D eigenvalue weighted by Gasteiger charge is 2.15. The van der Waals surface area contributed by atoms with E-state index in [1.165, 1.54) is 0 Å². The first kappa shape index (κ1) is 16.0. The Bertz CT molecular complexity index is 728. The predicted molar refractivity (Wildman–Crippen MR) is 87.9 cm³/mol. The van der Waals surface area contributed by atoms with Crippen LogP contribution in [0.1, 0.15) is 24.5 Å². The summed E-state index contributed by atoms with van der Waals surface area (Å²) in [6.07, 6.45) is 3.56. The normalized spacial score (nSPS) is 11.4. The third-order valence-electron chi connectivity index (χ3n) is 3.06. The number of aryl methyl sites for hydroxylation is 2. The first-order chi connectivity index (χ1) is 9.92. The molecule has 0 aliphatic rings. The van der Waals surface area contributed by atoms with Crippen molar-refractivity contribution < 1.29 is 8.42 Å². The zero-order valence-corrected chi connectivity index (χ0v) is 14.3. The summed E-state index contributed by atoms with van der Waals surface area (Å²) in [7, 11) is -3.60. The molecule has 0 aliphatic heterocycles. The third-order valence-corrected chi connectivity index (χ3v) is 5.26. The van der Waals surface area contributed by atoms with Crippen molar-refractivity contribution >= 4 is 31.8 Å². The van der Waals surface area contributed by atoms with Gasteiger partial charge in [-0.2, -0.15) is 0 Å². The number of sulfonamides is 1. The molecule has 2 rings (SSSR count). The molecule has 0 amide bonds. The number of rotatable bonds is 5. The molecular weight excluding hydrogens is 352 g/mol. The van der Waals surface area contributed by atoms with Crippen molar-refractivity contribution in [2.24, 2.45) is 0 Å². The fourth-order valence-corrected chi connectivity index (χ4v) is 3.13. The van der Waals surface area contributed by atoms with Gasteiger partial charge >= 0.3 is 0 Å². The summed E-state index contributed by atoms with van der Waals surface area (Å²) < 4.78 is 27.9. The zero-order valence-electron chi connectivity index (χ0n) is 11.9. The van der Waals surface area contributed by atoms with Crippen molar-refractivity contribution in [3.63, 3.8) is 0 Å². The Hall–Kier alpha value is -1.40. The van der Waals surface area contributed by atoms with Crippen molar-refractivity contribution in [3.05, 3.63) is 52.1 Å². The Morgan fingerprint density at radius 2 is 1.90 bits per heavy atom. The molecule has 112 valence electrons. The van der Waals surface area contributed by atoms with Gasteiger partial charge in [0, 0.05) is 10.7 Å². The average Bonchev–Trinajstić information content (AvgIpc) is 2.44. The summed E-state index contributed by atoms with van der Waals surface area (Å²) in [6, 6.07) is 8.63. The lowest BCUT2D eigenvalue weighted by Crippen LogP contribution is -2.14. The van der Waals surface area contributed by atoms with Gasteiger partial charge in [0.15, 0.2) is 0 Å². The van der Waals surface area contributed by atoms with Gasteiger partial charge in [0.2, 0.25) is 0 Å². The number of pyridine rings is 1. The molecule has 0 aliphatic carbocycles. The highest BCUT2D eigenvalue weighted by Crippen LogP contribution is 2.20. The van der Waals surface area contributed by atoms with Crippen molar-refractivity contribution in [1.82, 2.24) is 4.98 Å². The molecule has 1 N–H and O–H groups in total. The molecule has 2 aromatic rings. The maximum Gasteiger partial charge on any atom is 0.263 e. The second kappa shape index (κ2) is 6.58. The minimum Gasteiger partial charge on any atom is -0.263 e. The summed E-state index contributed by atoms with van der Waals surface area (Å²) in [5, 5.41) is 0. The number of hydrogen-bond acceptors (Lipinski definition) is 3. The second-order valence-corrected chi connectivity index (χ2v) is 7.35. The zero-order chi connectivity index (χ0) is 15.5. The van der Waals surface area contributed by atoms with E-state index in [1.54, 1.807) is 24.4 Å². The molecule has 0 fully saturated rings. The molecule has 1 heterocycles. The molecule has 21 heavy (non-hydrogen) atoms. The van der Waals surface area contributed by atoms with Crippen molar-refractivity contribution in [2.45, 2.75) is 31.6 Å². The first-order valence-electron chi connectivity index (χ1n) is 6.66. The van der Waals surface area contributed by atoms with Gasteiger partial charge in [0.05, 0.1) is 4.90 Å². The number of hydrogen-bond donors (Lipinski definition) is 1. The van der Waals surface area contributed by atoms with Crippen LogP contribution in [0.3, 0.4) is 0 Å². The lowest BCUT2D eigenvalue weighted by molar-refractivity contribution is 0.601. The molecular formula is C15H17BrN2O2S. The van der Waals surface area contributed by atoms with E-state index >= 15 is 0 Å². The highest BCUT2D eigenvalue weighted by atomic mass is 79.9. The van der Waals surface area contributed by atoms with E-state index in [4.69, 9.17) is 0 Å². The number of nitrogens with one attached hydrogen (secondary N) is 1. The van der Waals surface area contributed by atoms with E-state index in [0.717, 1.165) is 28.4 Å². The topological polar surface area (TPSA) is 59.1 Å². The standard InChI is InChI=1S/C15H17BrN2O2S/c1-3-4-12-5-7-13(8-6-12)21(19,20)18-15-9-11(2)14(16)10-17-15/h5-10H,3-4H2,1-2H3,(H,17,18). The molecule has 0 unspecified atom stereocenters. The van der Waals surface area contributed by atoms with Gasteiger partial charge in [0.25, 0.3) is 10.0 Å². The van der Waals surface area contributed by atoms with Gasteiger partial charge in [-0.1, -0.05) is 25.5 Å². The summed E-state index contributed by atoms with van der Waals surface area (Å²) in [5.74, 6) is 0.313. The van der Waals surface area contributed by atoms with E-state index < -0.39 is 10.0 Å². The predicted octanol–water partition coefficient (Wildman–Crippen LogP) is 3.91. The number of aromatic nitrogens is 1. The maximum absolute atomic E-state index is 12.3. The molecule has 4 nitrogen and oxygen atoms in total. The van der Waals surface area contributed by atoms with Crippen LogP contribution in [0.2, 0.25) is 0 Å². The molecule has 0 spiro atoms. The molecule has 0 bridgehead atoms. The maximum atomic E-state index is 12.3. The molecule has 0 atom stereocenters. The average molecular weight is 369 g/mol. The Kier molecular flexibility index (Phi) is 5.00. The fraction of sp³-hybridized carbons (Fsp3) is 0.267. The van der Waals surface area contributed by atoms with Gasteiger partial charge in [-0.15, -0.1) is 0 Å². The van der Waals surface area contributed by atoms with Crippen molar-refractivity contribution in [3.8, 4) is 0 Å². The Morgan fingerprint density at radius 3 is 2.48 bits per heavy atom. The van der Waals surface area contributed by atoms with Crippen molar-refractivity contribution in [1.29, 1.82) is 0 Å². The Labute approximate surface area is 133 Å². The molecule has 6 heteroatoms. The lowest BCUT2D eigenvalue weighted by atomic mass is 10.1. The number of anilines is 1. The molecule has 0 radical (unpaired) electrons. The van der Waals surface area contributed by atoms with Crippen LogP contribution in [0.4, 0.5) is 5.82 Å². The Balaban J connectivity index is 2.23. The van der Waals surface area contributed by atoms with E-state index in [-0.39, 0.29) is 4.90 Å². The van der Waals surface area contributed by atoms with Crippen LogP contribution in [-0.4, -0.2) is 13.4 Å². The van der Waals surface area contributed by atoms with Gasteiger partial charge < -0.3 is 0 Å². The van der Waals surface area contributed by atoms with Crippen LogP contribution in [0, 0.1) is 6.92 Å². The number of nitrogens with zero attached hydrogens (tertiary/aromatic N) is 1. The van der Waals surface area contributed by atoms with Gasteiger partial charge in [-0.25, -0.2) is 13.4 Å². The van der Waals surface area contributed by atoms with Crippen LogP contribution in [0.25, 0.3) is 0 Å². The van der Waals surface area contributed by atoms with Gasteiger partial charge in [0.1, 0.15) is 5.82 Å². The largest absolute Gasteiger partial charge is 0.263 e. The van der Waals surface area contributed by atoms with E-state index in [0.29, 0.717) is 5.82 Å². The smallest absolute Gasteiger partial charge is 0.263 e. The van der Waals surface area contributed by atoms with Crippen LogP contribution < -0.4 is 4.72 Å². The summed E-state index contributed by atoms with van der Waals surface area (Å²) in [4.78, 5) is 4.30. The fourth-order valence-electron chi connectivity index (χ4n) is 1.92. The SMILES string of the molecule is CCCc1ccc(S(=O)(=O)Nc2cc(C)c(Br)cn2)cc1. The Morgan fingerprint density at radius 1 is 1.24 bits per heavy atom. The molecule has 0 saturated heterocycles. The number of benzene rings is 1. The third kappa shape index (κ3) is 4.04. The van der Waals surface area contributed by atoms with Crippen LogP contribution >= 0.6 is 15.9 Å². The monoisotopic (exact) mass is 368 g/mol. The highest BCUT2D eigenvalue weighted by molar-refractivity contribution is 9.10. The van der Waals surface area contributed by atoms with Crippen molar-refractivity contribution in [2.75, 3.05) is 4.72 Å². The van der Waals surface area contributed by atoms with Crippen LogP contribution in [0.5, 0.6) is 0 Å². The molecule has 0 saturated carbocycles. The molecule has 1 aromatic heterocycles. The first-order valence-corrected chi connectivity index (χ1v) is 8.94. The number of halogens is 1. The summed E-state index contributed by atoms with van der Waals surface area (Å²) >= 11 is 3.34. The second-order valence-electron chi connectivity index (χ2n) is 4.82. The molecule has 1 aromatic carbocycles. The quantitative estimate of drug-likeness (QED) is 0.870. The summed E-state index contributed by atoms with van der Waals surface area (Å²) in [5.41, 5.74) is 2.05. The van der Waals surface area contributed by atoms with Gasteiger partial charge in [-0.05, 0) is 58.6 Å². The lowest BCUT2D eigenvalue weighted by Gasteiger charge is -2.09. The van der Waals surface area contributed by atoms with Crippen LogP contribution in [-0.2, 0) is 16.4 Å². The minimum absolute atomic E-state index is 0.240. The van der Waals surface area contributed by atoms with E-state index in [2.05, 4.69) is 32.6 Å².